The zero-order valence-electron chi connectivity index (χ0n) is 16.1. The Morgan fingerprint density at radius 1 is 1.17 bits per heavy atom. The van der Waals surface area contributed by atoms with Gasteiger partial charge in [0.25, 0.3) is 0 Å². The average molecular weight is 390 g/mol. The minimum absolute atomic E-state index is 0.297. The van der Waals surface area contributed by atoms with Crippen molar-refractivity contribution in [3.05, 3.63) is 84.3 Å². The van der Waals surface area contributed by atoms with E-state index in [4.69, 9.17) is 9.47 Å². The molecule has 0 radical (unpaired) electrons. The van der Waals surface area contributed by atoms with Crippen LogP contribution in [0, 0.1) is 5.92 Å². The molecule has 2 heterocycles. The van der Waals surface area contributed by atoms with E-state index in [2.05, 4.69) is 22.0 Å². The van der Waals surface area contributed by atoms with Gasteiger partial charge in [-0.3, -0.25) is 4.79 Å². The van der Waals surface area contributed by atoms with Gasteiger partial charge in [0.15, 0.2) is 0 Å². The van der Waals surface area contributed by atoms with Gasteiger partial charge in [0.05, 0.1) is 12.6 Å². The van der Waals surface area contributed by atoms with Gasteiger partial charge in [-0.2, -0.15) is 10.1 Å². The number of hydrogen-bond acceptors (Lipinski definition) is 6. The van der Waals surface area contributed by atoms with Crippen molar-refractivity contribution < 1.29 is 14.3 Å². The standard InChI is InChI=1S/C22H22N4O3/c1-3-28-21(27)19-15(2)25-22-23-14-24-26(22)20(19)17-9-11-18(12-10-17)29-13-16-7-5-4-6-8-16/h4-12,14,19-20H,2-3,13H2,1H3,(H,23,24,25)/t19-,20+/m1/s1. The van der Waals surface area contributed by atoms with Crippen molar-refractivity contribution in [2.75, 3.05) is 11.9 Å². The first-order valence-corrected chi connectivity index (χ1v) is 9.46. The number of ether oxygens (including phenoxy) is 2. The third-order valence-corrected chi connectivity index (χ3v) is 4.81. The number of nitrogens with one attached hydrogen (secondary N) is 1. The maximum absolute atomic E-state index is 12.6. The Labute approximate surface area is 169 Å². The van der Waals surface area contributed by atoms with Gasteiger partial charge in [-0.05, 0) is 30.2 Å². The van der Waals surface area contributed by atoms with Crippen LogP contribution in [0.5, 0.6) is 5.75 Å². The van der Waals surface area contributed by atoms with Gasteiger partial charge in [-0.25, -0.2) is 4.68 Å². The van der Waals surface area contributed by atoms with Crippen LogP contribution in [0.1, 0.15) is 24.1 Å². The van der Waals surface area contributed by atoms with Gasteiger partial charge >= 0.3 is 5.97 Å². The lowest BCUT2D eigenvalue weighted by atomic mass is 9.89. The normalized spacial score (nSPS) is 17.9. The Kier molecular flexibility index (Phi) is 5.29. The van der Waals surface area contributed by atoms with Crippen molar-refractivity contribution in [3.8, 4) is 5.75 Å². The zero-order chi connectivity index (χ0) is 20.2. The Morgan fingerprint density at radius 3 is 2.66 bits per heavy atom. The number of rotatable bonds is 6. The molecule has 0 bridgehead atoms. The van der Waals surface area contributed by atoms with Crippen molar-refractivity contribution in [2.45, 2.75) is 19.6 Å². The lowest BCUT2D eigenvalue weighted by Gasteiger charge is -2.33. The quantitative estimate of drug-likeness (QED) is 0.649. The van der Waals surface area contributed by atoms with Crippen LogP contribution in [0.2, 0.25) is 0 Å². The highest BCUT2D eigenvalue weighted by Gasteiger charge is 2.40. The number of fused-ring (bicyclic) bond motifs is 1. The van der Waals surface area contributed by atoms with Crippen LogP contribution in [0.15, 0.2) is 73.2 Å². The molecule has 1 aliphatic rings. The van der Waals surface area contributed by atoms with Crippen LogP contribution in [0.3, 0.4) is 0 Å². The number of anilines is 1. The summed E-state index contributed by atoms with van der Waals surface area (Å²) in [7, 11) is 0. The fraction of sp³-hybridized carbons (Fsp3) is 0.227. The van der Waals surface area contributed by atoms with Gasteiger partial charge in [0, 0.05) is 5.70 Å². The average Bonchev–Trinajstić information content (AvgIpc) is 3.20. The van der Waals surface area contributed by atoms with Crippen molar-refractivity contribution in [1.82, 2.24) is 14.8 Å². The molecule has 0 spiro atoms. The van der Waals surface area contributed by atoms with E-state index in [1.165, 1.54) is 6.33 Å². The van der Waals surface area contributed by atoms with E-state index >= 15 is 0 Å². The van der Waals surface area contributed by atoms with Crippen LogP contribution in [0.4, 0.5) is 5.95 Å². The smallest absolute Gasteiger partial charge is 0.317 e. The molecule has 0 fully saturated rings. The van der Waals surface area contributed by atoms with Gasteiger partial charge in [-0.1, -0.05) is 49.0 Å². The first-order chi connectivity index (χ1) is 14.2. The lowest BCUT2D eigenvalue weighted by molar-refractivity contribution is -0.147. The molecular formula is C22H22N4O3. The summed E-state index contributed by atoms with van der Waals surface area (Å²) in [6.07, 6.45) is 1.45. The molecule has 0 unspecified atom stereocenters. The maximum atomic E-state index is 12.6. The minimum Gasteiger partial charge on any atom is -0.489 e. The second-order valence-electron chi connectivity index (χ2n) is 6.70. The van der Waals surface area contributed by atoms with Crippen LogP contribution < -0.4 is 10.1 Å². The molecule has 2 aromatic carbocycles. The van der Waals surface area contributed by atoms with Gasteiger partial charge in [0.2, 0.25) is 5.95 Å². The summed E-state index contributed by atoms with van der Waals surface area (Å²) in [6, 6.07) is 17.2. The van der Waals surface area contributed by atoms with Crippen molar-refractivity contribution >= 4 is 11.9 Å². The number of hydrogen-bond donors (Lipinski definition) is 1. The topological polar surface area (TPSA) is 78.3 Å². The molecule has 0 amide bonds. The largest absolute Gasteiger partial charge is 0.489 e. The number of aromatic nitrogens is 3. The predicted octanol–water partition coefficient (Wildman–Crippen LogP) is 3.57. The Bertz CT molecular complexity index is 998. The van der Waals surface area contributed by atoms with E-state index in [0.717, 1.165) is 16.9 Å². The van der Waals surface area contributed by atoms with E-state index in [9.17, 15) is 4.79 Å². The summed E-state index contributed by atoms with van der Waals surface area (Å²) in [5.41, 5.74) is 2.53. The molecule has 0 saturated carbocycles. The number of carbonyl (C=O) groups is 1. The molecule has 1 aliphatic heterocycles. The molecule has 148 valence electrons. The Hall–Kier alpha value is -3.61. The fourth-order valence-corrected chi connectivity index (χ4v) is 3.44. The minimum atomic E-state index is -0.611. The number of benzene rings is 2. The molecule has 2 atom stereocenters. The van der Waals surface area contributed by atoms with E-state index in [0.29, 0.717) is 24.9 Å². The van der Waals surface area contributed by atoms with Crippen LogP contribution in [-0.4, -0.2) is 27.3 Å². The van der Waals surface area contributed by atoms with Gasteiger partial charge < -0.3 is 14.8 Å². The van der Waals surface area contributed by atoms with Crippen LogP contribution >= 0.6 is 0 Å². The van der Waals surface area contributed by atoms with E-state index in [-0.39, 0.29) is 5.97 Å². The van der Waals surface area contributed by atoms with E-state index < -0.39 is 12.0 Å². The highest BCUT2D eigenvalue weighted by molar-refractivity contribution is 5.79. The number of nitrogens with zero attached hydrogens (tertiary/aromatic N) is 3. The summed E-state index contributed by atoms with van der Waals surface area (Å²) >= 11 is 0. The molecule has 1 N–H and O–H groups in total. The third kappa shape index (κ3) is 3.85. The van der Waals surface area contributed by atoms with Crippen LogP contribution in [0.25, 0.3) is 0 Å². The van der Waals surface area contributed by atoms with Crippen LogP contribution in [-0.2, 0) is 16.1 Å². The second kappa shape index (κ2) is 8.18. The molecule has 29 heavy (non-hydrogen) atoms. The molecule has 3 aromatic rings. The summed E-state index contributed by atoms with van der Waals surface area (Å²) in [6.45, 7) is 6.59. The molecule has 4 rings (SSSR count). The summed E-state index contributed by atoms with van der Waals surface area (Å²) < 4.78 is 12.8. The first kappa shape index (κ1) is 18.7. The summed E-state index contributed by atoms with van der Waals surface area (Å²) in [4.78, 5) is 16.8. The fourth-order valence-electron chi connectivity index (χ4n) is 3.44. The Balaban J connectivity index is 1.59. The van der Waals surface area contributed by atoms with Gasteiger partial charge in [0.1, 0.15) is 24.6 Å². The Morgan fingerprint density at radius 2 is 1.93 bits per heavy atom. The molecular weight excluding hydrogens is 368 g/mol. The van der Waals surface area contributed by atoms with Crippen molar-refractivity contribution in [2.24, 2.45) is 5.92 Å². The third-order valence-electron chi connectivity index (χ3n) is 4.81. The summed E-state index contributed by atoms with van der Waals surface area (Å²) in [5.74, 6) is 0.336. The van der Waals surface area contributed by atoms with Crippen molar-refractivity contribution in [3.63, 3.8) is 0 Å². The maximum Gasteiger partial charge on any atom is 0.317 e. The number of carbonyl (C=O) groups excluding carboxylic acids is 1. The molecule has 7 heteroatoms. The lowest BCUT2D eigenvalue weighted by Crippen LogP contribution is -2.37. The van der Waals surface area contributed by atoms with E-state index in [1.807, 2.05) is 54.6 Å². The SMILES string of the molecule is C=C1Nc2ncnn2[C@@H](c2ccc(OCc3ccccc3)cc2)[C@@H]1C(=O)OCC. The van der Waals surface area contributed by atoms with E-state index in [1.54, 1.807) is 11.6 Å². The van der Waals surface area contributed by atoms with Crippen molar-refractivity contribution in [1.29, 1.82) is 0 Å². The number of esters is 1. The monoisotopic (exact) mass is 390 g/mol. The second-order valence-corrected chi connectivity index (χ2v) is 6.70. The predicted molar refractivity (Wildman–Crippen MR) is 108 cm³/mol. The zero-order valence-corrected chi connectivity index (χ0v) is 16.1. The van der Waals surface area contributed by atoms with Gasteiger partial charge in [-0.15, -0.1) is 0 Å². The summed E-state index contributed by atoms with van der Waals surface area (Å²) in [5, 5.41) is 7.35. The molecule has 7 nitrogen and oxygen atoms in total. The molecule has 1 aromatic heterocycles. The highest BCUT2D eigenvalue weighted by Crippen LogP contribution is 2.38. The molecule has 0 saturated heterocycles. The highest BCUT2D eigenvalue weighted by atomic mass is 16.5. The first-order valence-electron chi connectivity index (χ1n) is 9.46. The molecule has 0 aliphatic carbocycles.